The fourth-order valence-electron chi connectivity index (χ4n) is 4.32. The Kier molecular flexibility index (Phi) is 6.07. The molecule has 28 heavy (non-hydrogen) atoms. The molecule has 2 aliphatic rings. The van der Waals surface area contributed by atoms with Gasteiger partial charge in [-0.25, -0.2) is 0 Å². The highest BCUT2D eigenvalue weighted by atomic mass is 32.1. The van der Waals surface area contributed by atoms with E-state index < -0.39 is 0 Å². The first-order valence-electron chi connectivity index (χ1n) is 10.2. The van der Waals surface area contributed by atoms with Gasteiger partial charge in [0.05, 0.1) is 17.8 Å². The highest BCUT2D eigenvalue weighted by Crippen LogP contribution is 2.34. The lowest BCUT2D eigenvalue weighted by atomic mass is 10.1. The zero-order valence-corrected chi connectivity index (χ0v) is 16.8. The third kappa shape index (κ3) is 4.45. The van der Waals surface area contributed by atoms with Crippen LogP contribution in [0.2, 0.25) is 0 Å². The van der Waals surface area contributed by atoms with E-state index in [4.69, 9.17) is 0 Å². The van der Waals surface area contributed by atoms with E-state index in [1.165, 1.54) is 17.7 Å². The van der Waals surface area contributed by atoms with Crippen molar-refractivity contribution in [1.82, 2.24) is 10.2 Å². The Morgan fingerprint density at radius 2 is 1.86 bits per heavy atom. The summed E-state index contributed by atoms with van der Waals surface area (Å²) in [4.78, 5) is 29.0. The van der Waals surface area contributed by atoms with Crippen molar-refractivity contribution >= 4 is 28.8 Å². The Bertz CT molecular complexity index is 815. The van der Waals surface area contributed by atoms with E-state index in [-0.39, 0.29) is 17.9 Å². The molecule has 6 heteroatoms. The Hall–Kier alpha value is -2.18. The molecule has 0 spiro atoms. The summed E-state index contributed by atoms with van der Waals surface area (Å²) < 4.78 is 0. The second-order valence-corrected chi connectivity index (χ2v) is 8.67. The number of likely N-dealkylation sites (tertiary alicyclic amines) is 1. The van der Waals surface area contributed by atoms with Crippen LogP contribution in [0.1, 0.15) is 59.8 Å². The lowest BCUT2D eigenvalue weighted by Crippen LogP contribution is -2.35. The van der Waals surface area contributed by atoms with Crippen molar-refractivity contribution in [3.8, 4) is 0 Å². The van der Waals surface area contributed by atoms with E-state index in [2.05, 4.69) is 33.0 Å². The minimum absolute atomic E-state index is 0.0652. The van der Waals surface area contributed by atoms with E-state index in [1.54, 1.807) is 17.4 Å². The third-order valence-electron chi connectivity index (χ3n) is 5.72. The van der Waals surface area contributed by atoms with Gasteiger partial charge in [-0.1, -0.05) is 31.0 Å². The number of carbonyl (C=O) groups is 2. The molecular formula is C22H27N3O2S. The van der Waals surface area contributed by atoms with Gasteiger partial charge in [0.1, 0.15) is 0 Å². The summed E-state index contributed by atoms with van der Waals surface area (Å²) in [5, 5.41) is 8.17. The SMILES string of the molecule is O=C(CN1CCCC1c1cccs1)Nc1ccccc1C(=O)NC1CCCC1. The van der Waals surface area contributed by atoms with Crippen molar-refractivity contribution in [3.63, 3.8) is 0 Å². The Balaban J connectivity index is 1.39. The van der Waals surface area contributed by atoms with Crippen LogP contribution in [0.15, 0.2) is 41.8 Å². The molecule has 1 aliphatic heterocycles. The zero-order valence-electron chi connectivity index (χ0n) is 16.0. The molecule has 2 heterocycles. The number of benzene rings is 1. The van der Waals surface area contributed by atoms with E-state index >= 15 is 0 Å². The summed E-state index contributed by atoms with van der Waals surface area (Å²) in [5.74, 6) is -0.162. The van der Waals surface area contributed by atoms with Crippen LogP contribution < -0.4 is 10.6 Å². The minimum atomic E-state index is -0.0968. The van der Waals surface area contributed by atoms with Crippen molar-refractivity contribution in [1.29, 1.82) is 0 Å². The summed E-state index contributed by atoms with van der Waals surface area (Å²) in [6.07, 6.45) is 6.62. The van der Waals surface area contributed by atoms with E-state index in [9.17, 15) is 9.59 Å². The van der Waals surface area contributed by atoms with Crippen LogP contribution in [0, 0.1) is 0 Å². The van der Waals surface area contributed by atoms with Gasteiger partial charge in [-0.3, -0.25) is 14.5 Å². The number of hydrogen-bond donors (Lipinski definition) is 2. The summed E-state index contributed by atoms with van der Waals surface area (Å²) in [6, 6.07) is 12.1. The monoisotopic (exact) mass is 397 g/mol. The van der Waals surface area contributed by atoms with Crippen molar-refractivity contribution in [2.45, 2.75) is 50.6 Å². The molecule has 0 radical (unpaired) electrons. The predicted octanol–water partition coefficient (Wildman–Crippen LogP) is 4.20. The molecule has 1 aromatic carbocycles. The maximum atomic E-state index is 12.7. The first-order valence-corrected chi connectivity index (χ1v) is 11.1. The lowest BCUT2D eigenvalue weighted by molar-refractivity contribution is -0.117. The maximum absolute atomic E-state index is 12.7. The van der Waals surface area contributed by atoms with Crippen LogP contribution >= 0.6 is 11.3 Å². The first kappa shape index (κ1) is 19.2. The van der Waals surface area contributed by atoms with Gasteiger partial charge in [-0.15, -0.1) is 11.3 Å². The van der Waals surface area contributed by atoms with Gasteiger partial charge in [0, 0.05) is 17.0 Å². The van der Waals surface area contributed by atoms with Crippen molar-refractivity contribution in [2.75, 3.05) is 18.4 Å². The number of nitrogens with one attached hydrogen (secondary N) is 2. The maximum Gasteiger partial charge on any atom is 0.253 e. The highest BCUT2D eigenvalue weighted by molar-refractivity contribution is 7.10. The van der Waals surface area contributed by atoms with Gasteiger partial charge in [-0.2, -0.15) is 0 Å². The second kappa shape index (κ2) is 8.88. The molecular weight excluding hydrogens is 370 g/mol. The van der Waals surface area contributed by atoms with Crippen molar-refractivity contribution in [3.05, 3.63) is 52.2 Å². The molecule has 4 rings (SSSR count). The normalized spacial score (nSPS) is 20.4. The van der Waals surface area contributed by atoms with Crippen LogP contribution in [-0.2, 0) is 4.79 Å². The molecule has 148 valence electrons. The minimum Gasteiger partial charge on any atom is -0.349 e. The molecule has 2 fully saturated rings. The van der Waals surface area contributed by atoms with Gasteiger partial charge in [0.2, 0.25) is 5.91 Å². The van der Waals surface area contributed by atoms with E-state index in [0.717, 1.165) is 32.2 Å². The van der Waals surface area contributed by atoms with Crippen molar-refractivity contribution < 1.29 is 9.59 Å². The summed E-state index contributed by atoms with van der Waals surface area (Å²) in [7, 11) is 0. The summed E-state index contributed by atoms with van der Waals surface area (Å²) >= 11 is 1.75. The molecule has 2 amide bonds. The molecule has 2 N–H and O–H groups in total. The van der Waals surface area contributed by atoms with Gasteiger partial charge in [0.25, 0.3) is 5.91 Å². The second-order valence-electron chi connectivity index (χ2n) is 7.69. The quantitative estimate of drug-likeness (QED) is 0.768. The Labute approximate surface area is 170 Å². The van der Waals surface area contributed by atoms with Crippen LogP contribution in [0.3, 0.4) is 0 Å². The molecule has 1 atom stereocenters. The summed E-state index contributed by atoms with van der Waals surface area (Å²) in [5.41, 5.74) is 1.13. The number of amides is 2. The summed E-state index contributed by atoms with van der Waals surface area (Å²) in [6.45, 7) is 1.28. The smallest absolute Gasteiger partial charge is 0.253 e. The molecule has 1 aliphatic carbocycles. The van der Waals surface area contributed by atoms with Gasteiger partial charge < -0.3 is 10.6 Å². The van der Waals surface area contributed by atoms with Crippen LogP contribution in [0.5, 0.6) is 0 Å². The molecule has 5 nitrogen and oxygen atoms in total. The molecule has 1 unspecified atom stereocenters. The molecule has 2 aromatic rings. The number of thiophene rings is 1. The van der Waals surface area contributed by atoms with E-state index in [0.29, 0.717) is 23.8 Å². The molecule has 1 aromatic heterocycles. The van der Waals surface area contributed by atoms with Crippen LogP contribution in [-0.4, -0.2) is 35.8 Å². The van der Waals surface area contributed by atoms with Crippen LogP contribution in [0.4, 0.5) is 5.69 Å². The predicted molar refractivity (Wildman–Crippen MR) is 113 cm³/mol. The topological polar surface area (TPSA) is 61.4 Å². The fraction of sp³-hybridized carbons (Fsp3) is 0.455. The fourth-order valence-corrected chi connectivity index (χ4v) is 5.21. The standard InChI is InChI=1S/C22H27N3O2S/c26-21(15-25-13-5-11-19(25)20-12-6-14-28-20)24-18-10-4-3-9-17(18)22(27)23-16-7-1-2-8-16/h3-4,6,9-10,12,14,16,19H,1-2,5,7-8,11,13,15H2,(H,23,27)(H,24,26). The Morgan fingerprint density at radius 3 is 2.64 bits per heavy atom. The van der Waals surface area contributed by atoms with Gasteiger partial charge in [0.15, 0.2) is 0 Å². The molecule has 1 saturated heterocycles. The molecule has 1 saturated carbocycles. The Morgan fingerprint density at radius 1 is 1.04 bits per heavy atom. The molecule has 0 bridgehead atoms. The lowest BCUT2D eigenvalue weighted by Gasteiger charge is -2.23. The number of para-hydroxylation sites is 1. The van der Waals surface area contributed by atoms with Crippen LogP contribution in [0.25, 0.3) is 0 Å². The number of anilines is 1. The van der Waals surface area contributed by atoms with Gasteiger partial charge in [-0.05, 0) is 55.8 Å². The average Bonchev–Trinajstić information content (AvgIpc) is 3.44. The average molecular weight is 398 g/mol. The first-order chi connectivity index (χ1) is 13.7. The number of hydrogen-bond acceptors (Lipinski definition) is 4. The largest absolute Gasteiger partial charge is 0.349 e. The number of rotatable bonds is 6. The number of nitrogens with zero attached hydrogens (tertiary/aromatic N) is 1. The van der Waals surface area contributed by atoms with Crippen molar-refractivity contribution in [2.24, 2.45) is 0 Å². The number of carbonyl (C=O) groups excluding carboxylic acids is 2. The highest BCUT2D eigenvalue weighted by Gasteiger charge is 2.28. The van der Waals surface area contributed by atoms with Gasteiger partial charge >= 0.3 is 0 Å². The zero-order chi connectivity index (χ0) is 19.3. The third-order valence-corrected chi connectivity index (χ3v) is 6.69. The van der Waals surface area contributed by atoms with E-state index in [1.807, 2.05) is 18.2 Å².